The number of ether oxygens (including phenoxy) is 1. The van der Waals surface area contributed by atoms with Crippen LogP contribution in [0.1, 0.15) is 29.8 Å². The van der Waals surface area contributed by atoms with Crippen LogP contribution in [0.2, 0.25) is 0 Å². The average molecular weight is 333 g/mol. The van der Waals surface area contributed by atoms with Crippen molar-refractivity contribution in [2.45, 2.75) is 19.9 Å². The van der Waals surface area contributed by atoms with E-state index in [1.807, 2.05) is 12.1 Å². The van der Waals surface area contributed by atoms with Gasteiger partial charge in [0.2, 0.25) is 0 Å². The summed E-state index contributed by atoms with van der Waals surface area (Å²) in [6, 6.07) is 7.61. The molecule has 0 spiro atoms. The minimum Gasteiger partial charge on any atom is -0.399 e. The SMILES string of the molecule is CO/N=C/c1ccc(C(=O)NCC(C(C)C)N2CCOCC2)cc1. The van der Waals surface area contributed by atoms with Gasteiger partial charge in [-0.25, -0.2) is 0 Å². The number of carbonyl (C=O) groups excluding carboxylic acids is 1. The molecule has 6 heteroatoms. The van der Waals surface area contributed by atoms with Crippen LogP contribution in [0, 0.1) is 5.92 Å². The monoisotopic (exact) mass is 333 g/mol. The lowest BCUT2D eigenvalue weighted by Crippen LogP contribution is -2.51. The molecule has 1 fully saturated rings. The molecular formula is C18H27N3O3. The smallest absolute Gasteiger partial charge is 0.251 e. The Hall–Kier alpha value is -1.92. The van der Waals surface area contributed by atoms with Gasteiger partial charge >= 0.3 is 0 Å². The van der Waals surface area contributed by atoms with Crippen LogP contribution in [0.5, 0.6) is 0 Å². The normalized spacial score (nSPS) is 17.2. The highest BCUT2D eigenvalue weighted by Gasteiger charge is 2.24. The van der Waals surface area contributed by atoms with Crippen LogP contribution in [0.4, 0.5) is 0 Å². The molecule has 6 nitrogen and oxygen atoms in total. The molecule has 1 saturated heterocycles. The molecule has 0 radical (unpaired) electrons. The van der Waals surface area contributed by atoms with Gasteiger partial charge in [0.1, 0.15) is 7.11 Å². The van der Waals surface area contributed by atoms with Crippen molar-refractivity contribution in [1.29, 1.82) is 0 Å². The van der Waals surface area contributed by atoms with Crippen LogP contribution in [0.3, 0.4) is 0 Å². The zero-order valence-corrected chi connectivity index (χ0v) is 14.7. The molecule has 132 valence electrons. The van der Waals surface area contributed by atoms with E-state index in [0.29, 0.717) is 24.1 Å². The van der Waals surface area contributed by atoms with E-state index in [4.69, 9.17) is 4.74 Å². The molecule has 1 aliphatic heterocycles. The third-order valence-corrected chi connectivity index (χ3v) is 4.24. The van der Waals surface area contributed by atoms with Gasteiger partial charge in [0, 0.05) is 31.2 Å². The highest BCUT2D eigenvalue weighted by Crippen LogP contribution is 2.12. The molecule has 1 atom stereocenters. The minimum atomic E-state index is -0.0517. The molecule has 1 aromatic rings. The number of nitrogens with zero attached hydrogens (tertiary/aromatic N) is 2. The van der Waals surface area contributed by atoms with E-state index in [-0.39, 0.29) is 5.91 Å². The van der Waals surface area contributed by atoms with Crippen molar-refractivity contribution in [2.24, 2.45) is 11.1 Å². The van der Waals surface area contributed by atoms with Crippen LogP contribution in [-0.2, 0) is 9.57 Å². The summed E-state index contributed by atoms with van der Waals surface area (Å²) >= 11 is 0. The third kappa shape index (κ3) is 5.32. The molecule has 1 aliphatic rings. The predicted octanol–water partition coefficient (Wildman–Crippen LogP) is 1.75. The van der Waals surface area contributed by atoms with Gasteiger partial charge in [-0.05, 0) is 23.6 Å². The summed E-state index contributed by atoms with van der Waals surface area (Å²) in [4.78, 5) is 19.4. The lowest BCUT2D eigenvalue weighted by molar-refractivity contribution is 0.00673. The Balaban J connectivity index is 1.91. The van der Waals surface area contributed by atoms with Crippen LogP contribution in [0.25, 0.3) is 0 Å². The number of amides is 1. The first kappa shape index (κ1) is 18.4. The van der Waals surface area contributed by atoms with Crippen LogP contribution < -0.4 is 5.32 Å². The van der Waals surface area contributed by atoms with Crippen molar-refractivity contribution < 1.29 is 14.4 Å². The fraction of sp³-hybridized carbons (Fsp3) is 0.556. The van der Waals surface area contributed by atoms with Crippen LogP contribution in [0.15, 0.2) is 29.4 Å². The number of carbonyl (C=O) groups is 1. The van der Waals surface area contributed by atoms with E-state index in [1.165, 1.54) is 7.11 Å². The van der Waals surface area contributed by atoms with Gasteiger partial charge in [0.15, 0.2) is 0 Å². The van der Waals surface area contributed by atoms with Crippen LogP contribution in [-0.4, -0.2) is 63.0 Å². The first-order chi connectivity index (χ1) is 11.6. The molecule has 1 amide bonds. The molecule has 0 aliphatic carbocycles. The fourth-order valence-corrected chi connectivity index (χ4v) is 2.83. The molecule has 1 N–H and O–H groups in total. The second-order valence-corrected chi connectivity index (χ2v) is 6.21. The molecule has 0 aromatic heterocycles. The van der Waals surface area contributed by atoms with E-state index < -0.39 is 0 Å². The lowest BCUT2D eigenvalue weighted by atomic mass is 10.0. The van der Waals surface area contributed by atoms with Gasteiger partial charge in [0.25, 0.3) is 5.91 Å². The van der Waals surface area contributed by atoms with Gasteiger partial charge in [-0.1, -0.05) is 31.1 Å². The first-order valence-corrected chi connectivity index (χ1v) is 8.38. The number of hydrogen-bond donors (Lipinski definition) is 1. The minimum absolute atomic E-state index is 0.0517. The second kappa shape index (κ2) is 9.39. The summed E-state index contributed by atoms with van der Waals surface area (Å²) in [7, 11) is 1.50. The molecule has 1 heterocycles. The third-order valence-electron chi connectivity index (χ3n) is 4.24. The Kier molecular flexibility index (Phi) is 7.21. The highest BCUT2D eigenvalue weighted by molar-refractivity contribution is 5.95. The number of nitrogens with one attached hydrogen (secondary N) is 1. The molecule has 1 unspecified atom stereocenters. The Morgan fingerprint density at radius 1 is 1.33 bits per heavy atom. The van der Waals surface area contributed by atoms with Gasteiger partial charge in [-0.3, -0.25) is 9.69 Å². The van der Waals surface area contributed by atoms with E-state index in [0.717, 1.165) is 31.9 Å². The summed E-state index contributed by atoms with van der Waals surface area (Å²) in [5, 5.41) is 6.77. The average Bonchev–Trinajstić information content (AvgIpc) is 2.61. The van der Waals surface area contributed by atoms with Crippen molar-refractivity contribution in [2.75, 3.05) is 40.0 Å². The van der Waals surface area contributed by atoms with Crippen molar-refractivity contribution in [3.05, 3.63) is 35.4 Å². The van der Waals surface area contributed by atoms with E-state index >= 15 is 0 Å². The standard InChI is InChI=1S/C18H27N3O3/c1-14(2)17(21-8-10-24-11-9-21)13-19-18(22)16-6-4-15(5-7-16)12-20-23-3/h4-7,12,14,17H,8-11,13H2,1-3H3,(H,19,22)/b20-12+. The Morgan fingerprint density at radius 3 is 2.58 bits per heavy atom. The van der Waals surface area contributed by atoms with Gasteiger partial charge in [0.05, 0.1) is 19.4 Å². The van der Waals surface area contributed by atoms with Crippen LogP contribution >= 0.6 is 0 Å². The largest absolute Gasteiger partial charge is 0.399 e. The van der Waals surface area contributed by atoms with Gasteiger partial charge < -0.3 is 14.9 Å². The van der Waals surface area contributed by atoms with Crippen molar-refractivity contribution >= 4 is 12.1 Å². The summed E-state index contributed by atoms with van der Waals surface area (Å²) in [6.07, 6.45) is 1.61. The number of benzene rings is 1. The summed E-state index contributed by atoms with van der Waals surface area (Å²) in [5.74, 6) is 0.417. The topological polar surface area (TPSA) is 63.2 Å². The fourth-order valence-electron chi connectivity index (χ4n) is 2.83. The molecule has 1 aromatic carbocycles. The summed E-state index contributed by atoms with van der Waals surface area (Å²) in [6.45, 7) is 8.40. The van der Waals surface area contributed by atoms with Crippen molar-refractivity contribution in [3.63, 3.8) is 0 Å². The molecule has 0 saturated carbocycles. The maximum absolute atomic E-state index is 12.4. The van der Waals surface area contributed by atoms with E-state index in [1.54, 1.807) is 18.3 Å². The van der Waals surface area contributed by atoms with E-state index in [9.17, 15) is 4.79 Å². The predicted molar refractivity (Wildman–Crippen MR) is 94.4 cm³/mol. The quantitative estimate of drug-likeness (QED) is 0.610. The summed E-state index contributed by atoms with van der Waals surface area (Å²) < 4.78 is 5.42. The van der Waals surface area contributed by atoms with Gasteiger partial charge in [-0.2, -0.15) is 0 Å². The summed E-state index contributed by atoms with van der Waals surface area (Å²) in [5.41, 5.74) is 1.54. The molecule has 24 heavy (non-hydrogen) atoms. The Labute approximate surface area is 143 Å². The zero-order valence-electron chi connectivity index (χ0n) is 14.7. The highest BCUT2D eigenvalue weighted by atomic mass is 16.6. The molecule has 2 rings (SSSR count). The Morgan fingerprint density at radius 2 is 2.00 bits per heavy atom. The van der Waals surface area contributed by atoms with Gasteiger partial charge in [-0.15, -0.1) is 0 Å². The lowest BCUT2D eigenvalue weighted by Gasteiger charge is -2.36. The Bertz CT molecular complexity index is 537. The number of morpholine rings is 1. The van der Waals surface area contributed by atoms with Crippen molar-refractivity contribution in [1.82, 2.24) is 10.2 Å². The number of hydrogen-bond acceptors (Lipinski definition) is 5. The first-order valence-electron chi connectivity index (χ1n) is 8.38. The van der Waals surface area contributed by atoms with E-state index in [2.05, 4.69) is 34.1 Å². The maximum atomic E-state index is 12.4. The molecule has 0 bridgehead atoms. The number of rotatable bonds is 7. The molecular weight excluding hydrogens is 306 g/mol. The second-order valence-electron chi connectivity index (χ2n) is 6.21. The maximum Gasteiger partial charge on any atom is 0.251 e. The van der Waals surface area contributed by atoms with Crippen molar-refractivity contribution in [3.8, 4) is 0 Å². The zero-order chi connectivity index (χ0) is 17.4. The number of oxime groups is 1.